The molecule has 16 heavy (non-hydrogen) atoms. The average Bonchev–Trinajstić information content (AvgIpc) is 3.10. The molecule has 82 valence electrons. The number of aromatic nitrogens is 3. The zero-order valence-corrected chi connectivity index (χ0v) is 14.6. The van der Waals surface area contributed by atoms with E-state index in [1.54, 1.807) is 6.33 Å². The standard InChI is InChI=1S/C10H10N3.C2H6.Tl/c1-6-4-11-10-8(6)9(7-2-3-7)12-5-13-10;1-2;/h4-5,7H,2-3H2,1H3;1-2H3;/q-1;;+1. The van der Waals surface area contributed by atoms with E-state index in [-0.39, 0.29) is 0 Å². The van der Waals surface area contributed by atoms with E-state index in [4.69, 9.17) is 0 Å². The monoisotopic (exact) mass is 407 g/mol. The van der Waals surface area contributed by atoms with Crippen molar-refractivity contribution in [3.05, 3.63) is 23.8 Å². The summed E-state index contributed by atoms with van der Waals surface area (Å²) >= 11 is 0.790. The number of rotatable bonds is 1. The number of hydrogen-bond acceptors (Lipinski definition) is 2. The van der Waals surface area contributed by atoms with Gasteiger partial charge in [-0.3, -0.25) is 0 Å². The predicted octanol–water partition coefficient (Wildman–Crippen LogP) is 2.57. The molecule has 2 aromatic heterocycles. The molecule has 3 nitrogen and oxygen atoms in total. The van der Waals surface area contributed by atoms with Gasteiger partial charge in [-0.05, 0) is 0 Å². The normalized spacial score (nSPS) is 14.6. The number of hydrogen-bond donors (Lipinski definition) is 0. The first kappa shape index (κ1) is 12.0. The Kier molecular flexibility index (Phi) is 3.61. The topological polar surface area (TPSA) is 30.7 Å². The van der Waals surface area contributed by atoms with E-state index < -0.39 is 0 Å². The first-order valence-electron chi connectivity index (χ1n) is 5.85. The molecule has 0 aromatic carbocycles. The van der Waals surface area contributed by atoms with E-state index in [1.165, 1.54) is 29.5 Å². The van der Waals surface area contributed by atoms with Crippen molar-refractivity contribution < 1.29 is 0 Å². The number of nitrogens with zero attached hydrogens (tertiary/aromatic N) is 3. The van der Waals surface area contributed by atoms with Crippen LogP contribution in [-0.2, 0) is 0 Å². The molecule has 0 bridgehead atoms. The maximum absolute atomic E-state index is 4.44. The minimum atomic E-state index is 0.714. The van der Waals surface area contributed by atoms with Gasteiger partial charge in [0.25, 0.3) is 0 Å². The summed E-state index contributed by atoms with van der Waals surface area (Å²) in [4.78, 5) is 8.80. The summed E-state index contributed by atoms with van der Waals surface area (Å²) < 4.78 is 2.25. The molecule has 0 spiro atoms. The molecular formula is C12H16N3Tl. The van der Waals surface area contributed by atoms with Crippen molar-refractivity contribution >= 4 is 37.1 Å². The second kappa shape index (κ2) is 4.81. The zero-order valence-electron chi connectivity index (χ0n) is 10.1. The number of aryl methyl sites for hydroxylation is 1. The van der Waals surface area contributed by atoms with Gasteiger partial charge in [-0.1, -0.05) is 13.8 Å². The summed E-state index contributed by atoms with van der Waals surface area (Å²) in [5.41, 5.74) is 3.77. The van der Waals surface area contributed by atoms with Crippen LogP contribution in [0.15, 0.2) is 12.5 Å². The van der Waals surface area contributed by atoms with Crippen molar-refractivity contribution in [3.8, 4) is 0 Å². The van der Waals surface area contributed by atoms with Gasteiger partial charge in [0.15, 0.2) is 0 Å². The van der Waals surface area contributed by atoms with Gasteiger partial charge in [0.05, 0.1) is 0 Å². The summed E-state index contributed by atoms with van der Waals surface area (Å²) in [7, 11) is 0. The molecule has 0 aliphatic heterocycles. The second-order valence-electron chi connectivity index (χ2n) is 3.95. The molecule has 2 heterocycles. The summed E-state index contributed by atoms with van der Waals surface area (Å²) in [5, 5.41) is 1.32. The van der Waals surface area contributed by atoms with Gasteiger partial charge in [0.1, 0.15) is 0 Å². The van der Waals surface area contributed by atoms with E-state index in [9.17, 15) is 0 Å². The van der Waals surface area contributed by atoms with Gasteiger partial charge in [0.2, 0.25) is 0 Å². The van der Waals surface area contributed by atoms with E-state index in [0.29, 0.717) is 5.92 Å². The van der Waals surface area contributed by atoms with Crippen LogP contribution in [0, 0.1) is 6.92 Å². The van der Waals surface area contributed by atoms with Crippen LogP contribution < -0.4 is 0 Å². The second-order valence-corrected chi connectivity index (χ2v) is 6.11. The molecule has 0 atom stereocenters. The third-order valence-electron chi connectivity index (χ3n) is 2.79. The zero-order chi connectivity index (χ0) is 11.7. The third-order valence-corrected chi connectivity index (χ3v) is 4.32. The molecule has 4 heteroatoms. The molecule has 1 fully saturated rings. The van der Waals surface area contributed by atoms with Crippen LogP contribution in [0.3, 0.4) is 0 Å². The molecule has 1 saturated carbocycles. The summed E-state index contributed by atoms with van der Waals surface area (Å²) in [6.45, 7) is 6.16. The summed E-state index contributed by atoms with van der Waals surface area (Å²) in [6, 6.07) is 0. The van der Waals surface area contributed by atoms with Crippen molar-refractivity contribution in [2.24, 2.45) is 0 Å². The Hall–Kier alpha value is -0.458. The molecule has 2 aromatic rings. The Morgan fingerprint density at radius 3 is 2.62 bits per heavy atom. The summed E-state index contributed by atoms with van der Waals surface area (Å²) in [5.74, 6) is 0.714. The minimum absolute atomic E-state index is 0.714. The van der Waals surface area contributed by atoms with Gasteiger partial charge in [0, 0.05) is 0 Å². The molecule has 3 rings (SSSR count). The van der Waals surface area contributed by atoms with E-state index >= 15 is 0 Å². The van der Waals surface area contributed by atoms with Gasteiger partial charge in [-0.25, -0.2) is 0 Å². The SMILES string of the molecule is CC.Cc1c[n]([Tl])c2ncnc(C3CC3)c12. The molecule has 1 aliphatic rings. The average molecular weight is 407 g/mol. The number of fused-ring (bicyclic) bond motifs is 1. The van der Waals surface area contributed by atoms with Crippen LogP contribution in [0.4, 0.5) is 0 Å². The van der Waals surface area contributed by atoms with Gasteiger partial charge in [-0.2, -0.15) is 0 Å². The maximum atomic E-state index is 4.44. The molecule has 1 aliphatic carbocycles. The van der Waals surface area contributed by atoms with Gasteiger partial charge < -0.3 is 0 Å². The van der Waals surface area contributed by atoms with Crippen LogP contribution in [0.2, 0.25) is 0 Å². The Balaban J connectivity index is 0.000000457. The van der Waals surface area contributed by atoms with Crippen molar-refractivity contribution in [1.82, 2.24) is 12.3 Å². The fourth-order valence-corrected chi connectivity index (χ4v) is 3.59. The Bertz CT molecular complexity index is 500. The van der Waals surface area contributed by atoms with Crippen molar-refractivity contribution in [2.75, 3.05) is 0 Å². The predicted molar refractivity (Wildman–Crippen MR) is 66.7 cm³/mol. The van der Waals surface area contributed by atoms with E-state index in [0.717, 1.165) is 31.7 Å². The molecule has 0 N–H and O–H groups in total. The van der Waals surface area contributed by atoms with Crippen molar-refractivity contribution in [1.29, 1.82) is 0 Å². The van der Waals surface area contributed by atoms with Gasteiger partial charge in [-0.15, -0.1) is 0 Å². The van der Waals surface area contributed by atoms with Crippen molar-refractivity contribution in [3.63, 3.8) is 0 Å². The molecule has 0 amide bonds. The quantitative estimate of drug-likeness (QED) is 0.682. The third kappa shape index (κ3) is 2.01. The van der Waals surface area contributed by atoms with Crippen LogP contribution >= 0.6 is 0 Å². The van der Waals surface area contributed by atoms with Crippen LogP contribution in [0.25, 0.3) is 11.0 Å². The van der Waals surface area contributed by atoms with Crippen molar-refractivity contribution in [2.45, 2.75) is 39.5 Å². The first-order valence-corrected chi connectivity index (χ1v) is 7.85. The fourth-order valence-electron chi connectivity index (χ4n) is 1.96. The Morgan fingerprint density at radius 2 is 2.00 bits per heavy atom. The van der Waals surface area contributed by atoms with E-state index in [2.05, 4.69) is 25.5 Å². The fraction of sp³-hybridized carbons (Fsp3) is 0.500. The van der Waals surface area contributed by atoms with E-state index in [1.807, 2.05) is 13.8 Å². The molecule has 0 saturated heterocycles. The van der Waals surface area contributed by atoms with Crippen LogP contribution in [0.1, 0.15) is 43.9 Å². The molecule has 0 radical (unpaired) electrons. The van der Waals surface area contributed by atoms with Crippen LogP contribution in [-0.4, -0.2) is 38.4 Å². The summed E-state index contributed by atoms with van der Waals surface area (Å²) in [6.07, 6.45) is 6.53. The Morgan fingerprint density at radius 1 is 1.31 bits per heavy atom. The first-order chi connectivity index (χ1) is 7.77. The molecular weight excluding hydrogens is 391 g/mol. The Labute approximate surface area is 112 Å². The molecule has 0 unspecified atom stereocenters. The van der Waals surface area contributed by atoms with Crippen LogP contribution in [0.5, 0.6) is 0 Å². The van der Waals surface area contributed by atoms with Gasteiger partial charge >= 0.3 is 98.9 Å².